The SMILES string of the molecule is Cc1ccc(N2CCC3(CCN(Cc4cccnc4)CC3)CC2)nn1.O=C(O)C(F)(F)F.O=C(O)C(F)(F)F.O=C(O)C(F)(F)F. The van der Waals surface area contributed by atoms with Crippen LogP contribution in [-0.2, 0) is 20.9 Å². The van der Waals surface area contributed by atoms with E-state index < -0.39 is 36.4 Å². The minimum Gasteiger partial charge on any atom is -0.475 e. The zero-order chi connectivity index (χ0) is 35.3. The lowest BCUT2D eigenvalue weighted by Crippen LogP contribution is -2.46. The van der Waals surface area contributed by atoms with Gasteiger partial charge in [-0.15, -0.1) is 5.10 Å². The van der Waals surface area contributed by atoms with Crippen molar-refractivity contribution >= 4 is 23.7 Å². The number of aliphatic carboxylic acids is 3. The summed E-state index contributed by atoms with van der Waals surface area (Å²) in [5, 5.41) is 29.9. The zero-order valence-corrected chi connectivity index (χ0v) is 24.0. The molecular weight excluding hydrogens is 649 g/mol. The maximum absolute atomic E-state index is 10.6. The highest BCUT2D eigenvalue weighted by Gasteiger charge is 2.40. The van der Waals surface area contributed by atoms with Gasteiger partial charge in [-0.25, -0.2) is 14.4 Å². The standard InChI is InChI=1S/C20H27N5.3C2HF3O2/c1-17-4-5-19(23-22-17)25-13-8-20(9-14-25)6-11-24(12-7-20)16-18-3-2-10-21-15-18;3*3-2(4,5)1(6)7/h2-5,10,15H,6-9,11-14,16H2,1H3;3*(H,6,7). The van der Waals surface area contributed by atoms with E-state index in [0.29, 0.717) is 5.41 Å². The first-order chi connectivity index (χ1) is 21.1. The molecule has 0 radical (unpaired) electrons. The molecule has 4 heterocycles. The fourth-order valence-electron chi connectivity index (χ4n) is 4.21. The molecule has 2 fully saturated rings. The molecule has 0 amide bonds. The molecule has 1 spiro atoms. The number of rotatable bonds is 3. The van der Waals surface area contributed by atoms with E-state index >= 15 is 0 Å². The average molecular weight is 680 g/mol. The number of hydrogen-bond acceptors (Lipinski definition) is 8. The van der Waals surface area contributed by atoms with Gasteiger partial charge in [-0.3, -0.25) is 9.88 Å². The molecule has 0 saturated carbocycles. The van der Waals surface area contributed by atoms with E-state index in [1.807, 2.05) is 25.4 Å². The Morgan fingerprint density at radius 3 is 1.52 bits per heavy atom. The van der Waals surface area contributed by atoms with Crippen LogP contribution < -0.4 is 4.90 Å². The monoisotopic (exact) mass is 679 g/mol. The maximum atomic E-state index is 10.6. The van der Waals surface area contributed by atoms with Crippen molar-refractivity contribution in [3.63, 3.8) is 0 Å². The molecule has 3 N–H and O–H groups in total. The third-order valence-corrected chi connectivity index (χ3v) is 6.71. The van der Waals surface area contributed by atoms with E-state index in [-0.39, 0.29) is 0 Å². The van der Waals surface area contributed by atoms with Crippen LogP contribution in [0.4, 0.5) is 45.3 Å². The highest BCUT2D eigenvalue weighted by molar-refractivity contribution is 5.73. The first kappa shape index (κ1) is 39.8. The molecule has 20 heteroatoms. The van der Waals surface area contributed by atoms with E-state index in [2.05, 4.69) is 43.2 Å². The number of halogens is 9. The quantitative estimate of drug-likeness (QED) is 0.377. The normalized spacial score (nSPS) is 16.4. The Kier molecular flexibility index (Phi) is 14.6. The van der Waals surface area contributed by atoms with Crippen LogP contribution in [0.1, 0.15) is 36.9 Å². The van der Waals surface area contributed by atoms with Gasteiger partial charge in [0.25, 0.3) is 0 Å². The number of pyridine rings is 1. The number of piperidine rings is 2. The second-order valence-electron chi connectivity index (χ2n) is 10.1. The molecule has 0 unspecified atom stereocenters. The van der Waals surface area contributed by atoms with Crippen molar-refractivity contribution in [2.45, 2.75) is 57.7 Å². The number of nitrogens with zero attached hydrogens (tertiary/aromatic N) is 5. The summed E-state index contributed by atoms with van der Waals surface area (Å²) in [5.41, 5.74) is 2.85. The first-order valence-corrected chi connectivity index (χ1v) is 13.1. The first-order valence-electron chi connectivity index (χ1n) is 13.1. The van der Waals surface area contributed by atoms with E-state index in [1.54, 1.807) is 0 Å². The third kappa shape index (κ3) is 14.7. The summed E-state index contributed by atoms with van der Waals surface area (Å²) in [6, 6.07) is 8.38. The van der Waals surface area contributed by atoms with Crippen molar-refractivity contribution in [2.24, 2.45) is 5.41 Å². The van der Waals surface area contributed by atoms with Crippen molar-refractivity contribution < 1.29 is 69.2 Å². The lowest BCUT2D eigenvalue weighted by Gasteiger charge is -2.47. The summed E-state index contributed by atoms with van der Waals surface area (Å²) in [7, 11) is 0. The minimum absolute atomic E-state index is 0.542. The summed E-state index contributed by atoms with van der Waals surface area (Å²) in [5.74, 6) is -7.23. The highest BCUT2D eigenvalue weighted by atomic mass is 19.4. The molecule has 11 nitrogen and oxygen atoms in total. The summed E-state index contributed by atoms with van der Waals surface area (Å²) < 4.78 is 95.2. The molecule has 2 aliphatic heterocycles. The Morgan fingerprint density at radius 1 is 0.739 bits per heavy atom. The minimum atomic E-state index is -5.08. The summed E-state index contributed by atoms with van der Waals surface area (Å²) in [6.07, 6.45) is -6.21. The van der Waals surface area contributed by atoms with Crippen LogP contribution in [0, 0.1) is 12.3 Å². The van der Waals surface area contributed by atoms with E-state index in [9.17, 15) is 39.5 Å². The molecule has 258 valence electrons. The zero-order valence-electron chi connectivity index (χ0n) is 24.0. The molecule has 2 saturated heterocycles. The summed E-state index contributed by atoms with van der Waals surface area (Å²) >= 11 is 0. The number of carboxylic acid groups (broad SMARTS) is 3. The number of aryl methyl sites for hydroxylation is 1. The molecule has 2 aromatic rings. The number of aromatic nitrogens is 3. The summed E-state index contributed by atoms with van der Waals surface area (Å²) in [6.45, 7) is 7.66. The van der Waals surface area contributed by atoms with E-state index in [1.165, 1.54) is 44.3 Å². The fraction of sp³-hybridized carbons (Fsp3) is 0.538. The van der Waals surface area contributed by atoms with Gasteiger partial charge in [0, 0.05) is 32.0 Å². The third-order valence-electron chi connectivity index (χ3n) is 6.71. The van der Waals surface area contributed by atoms with Crippen LogP contribution in [0.3, 0.4) is 0 Å². The number of carboxylic acids is 3. The van der Waals surface area contributed by atoms with Crippen molar-refractivity contribution in [1.29, 1.82) is 0 Å². The van der Waals surface area contributed by atoms with E-state index in [0.717, 1.165) is 31.1 Å². The average Bonchev–Trinajstić information content (AvgIpc) is 2.95. The van der Waals surface area contributed by atoms with E-state index in [4.69, 9.17) is 29.7 Å². The van der Waals surface area contributed by atoms with Crippen molar-refractivity contribution in [3.8, 4) is 0 Å². The van der Waals surface area contributed by atoms with Gasteiger partial charge in [0.1, 0.15) is 0 Å². The van der Waals surface area contributed by atoms with Gasteiger partial charge in [0.15, 0.2) is 5.82 Å². The van der Waals surface area contributed by atoms with Gasteiger partial charge in [0.05, 0.1) is 5.69 Å². The predicted octanol–water partition coefficient (Wildman–Crippen LogP) is 4.96. The fourth-order valence-corrected chi connectivity index (χ4v) is 4.21. The van der Waals surface area contributed by atoms with Gasteiger partial charge in [0.2, 0.25) is 0 Å². The lowest BCUT2D eigenvalue weighted by atomic mass is 9.71. The molecule has 0 aliphatic carbocycles. The molecular formula is C26H30F9N5O6. The molecule has 0 atom stereocenters. The Hall–Kier alpha value is -4.23. The Balaban J connectivity index is 0.000000413. The Bertz CT molecular complexity index is 1190. The number of carbonyl (C=O) groups is 3. The van der Waals surface area contributed by atoms with Crippen molar-refractivity contribution in [2.75, 3.05) is 31.1 Å². The smallest absolute Gasteiger partial charge is 0.475 e. The van der Waals surface area contributed by atoms with Crippen LogP contribution in [-0.4, -0.2) is 98.0 Å². The van der Waals surface area contributed by atoms with Gasteiger partial charge in [-0.2, -0.15) is 44.6 Å². The Morgan fingerprint density at radius 2 is 1.17 bits per heavy atom. The van der Waals surface area contributed by atoms with Crippen LogP contribution >= 0.6 is 0 Å². The second kappa shape index (κ2) is 16.9. The lowest BCUT2D eigenvalue weighted by molar-refractivity contribution is -0.193. The van der Waals surface area contributed by atoms with Crippen LogP contribution in [0.25, 0.3) is 0 Å². The van der Waals surface area contributed by atoms with Gasteiger partial charge in [-0.1, -0.05) is 6.07 Å². The second-order valence-corrected chi connectivity index (χ2v) is 10.1. The highest BCUT2D eigenvalue weighted by Crippen LogP contribution is 2.42. The van der Waals surface area contributed by atoms with Crippen molar-refractivity contribution in [1.82, 2.24) is 20.1 Å². The van der Waals surface area contributed by atoms with Gasteiger partial charge in [-0.05, 0) is 74.9 Å². The number of likely N-dealkylation sites (tertiary alicyclic amines) is 1. The molecule has 2 aromatic heterocycles. The number of hydrogen-bond donors (Lipinski definition) is 3. The molecule has 4 rings (SSSR count). The van der Waals surface area contributed by atoms with Crippen LogP contribution in [0.2, 0.25) is 0 Å². The van der Waals surface area contributed by atoms with Crippen LogP contribution in [0.15, 0.2) is 36.7 Å². The van der Waals surface area contributed by atoms with Gasteiger partial charge >= 0.3 is 36.4 Å². The molecule has 0 aromatic carbocycles. The van der Waals surface area contributed by atoms with Gasteiger partial charge < -0.3 is 20.2 Å². The predicted molar refractivity (Wildman–Crippen MR) is 140 cm³/mol. The Labute approximate surface area is 255 Å². The van der Waals surface area contributed by atoms with Crippen molar-refractivity contribution in [3.05, 3.63) is 47.9 Å². The topological polar surface area (TPSA) is 157 Å². The number of anilines is 1. The molecule has 2 aliphatic rings. The summed E-state index contributed by atoms with van der Waals surface area (Å²) in [4.78, 5) is 35.9. The maximum Gasteiger partial charge on any atom is 0.490 e. The molecule has 0 bridgehead atoms. The largest absolute Gasteiger partial charge is 0.490 e. The van der Waals surface area contributed by atoms with Crippen LogP contribution in [0.5, 0.6) is 0 Å². The molecule has 46 heavy (non-hydrogen) atoms. The number of alkyl halides is 9.